The van der Waals surface area contributed by atoms with E-state index in [1.165, 1.54) is 12.1 Å². The van der Waals surface area contributed by atoms with Crippen LogP contribution >= 0.6 is 0 Å². The van der Waals surface area contributed by atoms with Crippen LogP contribution in [-0.4, -0.2) is 11.0 Å². The van der Waals surface area contributed by atoms with Crippen molar-refractivity contribution >= 4 is 5.91 Å². The number of hydrogen-bond acceptors (Lipinski definition) is 3. The summed E-state index contributed by atoms with van der Waals surface area (Å²) in [7, 11) is 0. The van der Waals surface area contributed by atoms with Crippen molar-refractivity contribution in [2.75, 3.05) is 0 Å². The summed E-state index contributed by atoms with van der Waals surface area (Å²) in [5.74, 6) is -0.133. The van der Waals surface area contributed by atoms with Crippen LogP contribution in [0.25, 0.3) is 0 Å². The molecule has 2 rings (SSSR count). The maximum atomic E-state index is 11.9. The van der Waals surface area contributed by atoms with Gasteiger partial charge in [-0.05, 0) is 29.3 Å². The molecule has 0 saturated heterocycles. The standard InChI is InChI=1S/C15H16N2O2/c16-9-11-3-1-4-12(7-11)10-17-15(19)13-5-2-6-14(18)8-13/h1-8,18H,9-10,16H2,(H,17,19). The molecule has 0 fully saturated rings. The third-order valence-electron chi connectivity index (χ3n) is 2.79. The van der Waals surface area contributed by atoms with Crippen molar-refractivity contribution in [2.45, 2.75) is 13.1 Å². The Labute approximate surface area is 111 Å². The number of amides is 1. The van der Waals surface area contributed by atoms with Gasteiger partial charge < -0.3 is 16.2 Å². The van der Waals surface area contributed by atoms with Crippen molar-refractivity contribution in [3.63, 3.8) is 0 Å². The molecule has 4 heteroatoms. The first kappa shape index (κ1) is 13.1. The van der Waals surface area contributed by atoms with Gasteiger partial charge in [0.15, 0.2) is 0 Å². The van der Waals surface area contributed by atoms with Gasteiger partial charge in [0.05, 0.1) is 0 Å². The minimum absolute atomic E-state index is 0.0813. The molecule has 2 aromatic carbocycles. The number of hydrogen-bond donors (Lipinski definition) is 3. The normalized spacial score (nSPS) is 10.2. The van der Waals surface area contributed by atoms with Crippen LogP contribution < -0.4 is 11.1 Å². The highest BCUT2D eigenvalue weighted by Gasteiger charge is 2.05. The molecule has 4 N–H and O–H groups in total. The molecule has 0 aliphatic rings. The van der Waals surface area contributed by atoms with Crippen LogP contribution in [0.1, 0.15) is 21.5 Å². The van der Waals surface area contributed by atoms with E-state index < -0.39 is 0 Å². The molecule has 0 heterocycles. The molecule has 1 amide bonds. The number of carbonyl (C=O) groups excluding carboxylic acids is 1. The summed E-state index contributed by atoms with van der Waals surface area (Å²) in [6.45, 7) is 0.913. The maximum Gasteiger partial charge on any atom is 0.251 e. The Kier molecular flexibility index (Phi) is 4.15. The summed E-state index contributed by atoms with van der Waals surface area (Å²) in [5.41, 5.74) is 8.04. The average Bonchev–Trinajstić information content (AvgIpc) is 2.45. The molecule has 98 valence electrons. The van der Waals surface area contributed by atoms with Crippen LogP contribution in [0.2, 0.25) is 0 Å². The Morgan fingerprint density at radius 3 is 2.58 bits per heavy atom. The molecule has 0 unspecified atom stereocenters. The Morgan fingerprint density at radius 1 is 1.11 bits per heavy atom. The predicted molar refractivity (Wildman–Crippen MR) is 73.6 cm³/mol. The van der Waals surface area contributed by atoms with Gasteiger partial charge in [-0.25, -0.2) is 0 Å². The maximum absolute atomic E-state index is 11.9. The van der Waals surface area contributed by atoms with Crippen LogP contribution in [0.4, 0.5) is 0 Å². The van der Waals surface area contributed by atoms with Crippen molar-refractivity contribution in [1.82, 2.24) is 5.32 Å². The van der Waals surface area contributed by atoms with E-state index in [1.54, 1.807) is 12.1 Å². The zero-order chi connectivity index (χ0) is 13.7. The van der Waals surface area contributed by atoms with Crippen molar-refractivity contribution in [3.05, 3.63) is 65.2 Å². The molecular formula is C15H16N2O2. The fourth-order valence-electron chi connectivity index (χ4n) is 1.80. The Hall–Kier alpha value is -2.33. The number of benzene rings is 2. The summed E-state index contributed by atoms with van der Waals surface area (Å²) in [6, 6.07) is 14.0. The summed E-state index contributed by atoms with van der Waals surface area (Å²) in [5, 5.41) is 12.1. The van der Waals surface area contributed by atoms with E-state index in [0.717, 1.165) is 11.1 Å². The molecule has 19 heavy (non-hydrogen) atoms. The van der Waals surface area contributed by atoms with Gasteiger partial charge in [0.1, 0.15) is 5.75 Å². The summed E-state index contributed by atoms with van der Waals surface area (Å²) >= 11 is 0. The number of phenolic OH excluding ortho intramolecular Hbond substituents is 1. The monoisotopic (exact) mass is 256 g/mol. The van der Waals surface area contributed by atoms with Crippen molar-refractivity contribution in [2.24, 2.45) is 5.73 Å². The number of rotatable bonds is 4. The lowest BCUT2D eigenvalue weighted by Crippen LogP contribution is -2.22. The van der Waals surface area contributed by atoms with Crippen molar-refractivity contribution in [3.8, 4) is 5.75 Å². The second kappa shape index (κ2) is 6.02. The molecule has 0 atom stereocenters. The lowest BCUT2D eigenvalue weighted by Gasteiger charge is -2.07. The first-order valence-electron chi connectivity index (χ1n) is 6.04. The van der Waals surface area contributed by atoms with E-state index in [1.807, 2.05) is 24.3 Å². The lowest BCUT2D eigenvalue weighted by molar-refractivity contribution is 0.0950. The van der Waals surface area contributed by atoms with Gasteiger partial charge in [-0.3, -0.25) is 4.79 Å². The molecule has 0 saturated carbocycles. The van der Waals surface area contributed by atoms with Crippen molar-refractivity contribution in [1.29, 1.82) is 0 Å². The van der Waals surface area contributed by atoms with E-state index in [4.69, 9.17) is 5.73 Å². The second-order valence-electron chi connectivity index (χ2n) is 4.26. The van der Waals surface area contributed by atoms with Gasteiger partial charge in [-0.2, -0.15) is 0 Å². The molecule has 4 nitrogen and oxygen atoms in total. The van der Waals surface area contributed by atoms with Gasteiger partial charge >= 0.3 is 0 Å². The first-order valence-corrected chi connectivity index (χ1v) is 6.04. The quantitative estimate of drug-likeness (QED) is 0.780. The molecule has 0 aliphatic carbocycles. The second-order valence-corrected chi connectivity index (χ2v) is 4.26. The van der Waals surface area contributed by atoms with E-state index in [-0.39, 0.29) is 11.7 Å². The molecule has 0 aromatic heterocycles. The minimum atomic E-state index is -0.214. The van der Waals surface area contributed by atoms with Gasteiger partial charge in [-0.15, -0.1) is 0 Å². The van der Waals surface area contributed by atoms with E-state index in [0.29, 0.717) is 18.7 Å². The molecule has 0 aliphatic heterocycles. The number of carbonyl (C=O) groups is 1. The van der Waals surface area contributed by atoms with Gasteiger partial charge in [0, 0.05) is 18.7 Å². The number of nitrogens with two attached hydrogens (primary N) is 1. The van der Waals surface area contributed by atoms with Gasteiger partial charge in [0.25, 0.3) is 5.91 Å². The average molecular weight is 256 g/mol. The van der Waals surface area contributed by atoms with Crippen LogP contribution in [-0.2, 0) is 13.1 Å². The van der Waals surface area contributed by atoms with Crippen LogP contribution in [0.5, 0.6) is 5.75 Å². The summed E-state index contributed by atoms with van der Waals surface area (Å²) < 4.78 is 0. The predicted octanol–water partition coefficient (Wildman–Crippen LogP) is 1.78. The van der Waals surface area contributed by atoms with Crippen LogP contribution in [0.3, 0.4) is 0 Å². The first-order chi connectivity index (χ1) is 9.19. The Balaban J connectivity index is 2.00. The number of aromatic hydroxyl groups is 1. The summed E-state index contributed by atoms with van der Waals surface area (Å²) in [6.07, 6.45) is 0. The topological polar surface area (TPSA) is 75.3 Å². The third-order valence-corrected chi connectivity index (χ3v) is 2.79. The largest absolute Gasteiger partial charge is 0.508 e. The van der Waals surface area contributed by atoms with Crippen molar-refractivity contribution < 1.29 is 9.90 Å². The SMILES string of the molecule is NCc1cccc(CNC(=O)c2cccc(O)c2)c1. The molecule has 0 radical (unpaired) electrons. The minimum Gasteiger partial charge on any atom is -0.508 e. The van der Waals surface area contributed by atoms with E-state index >= 15 is 0 Å². The molecule has 2 aromatic rings. The molecule has 0 bridgehead atoms. The fourth-order valence-corrected chi connectivity index (χ4v) is 1.80. The smallest absolute Gasteiger partial charge is 0.251 e. The van der Waals surface area contributed by atoms with Crippen LogP contribution in [0, 0.1) is 0 Å². The van der Waals surface area contributed by atoms with Crippen LogP contribution in [0.15, 0.2) is 48.5 Å². The van der Waals surface area contributed by atoms with E-state index in [2.05, 4.69) is 5.32 Å². The number of nitrogens with one attached hydrogen (secondary N) is 1. The zero-order valence-electron chi connectivity index (χ0n) is 10.5. The highest BCUT2D eigenvalue weighted by Crippen LogP contribution is 2.11. The zero-order valence-corrected chi connectivity index (χ0v) is 10.5. The summed E-state index contributed by atoms with van der Waals surface area (Å²) in [4.78, 5) is 11.9. The van der Waals surface area contributed by atoms with Gasteiger partial charge in [0.2, 0.25) is 0 Å². The Morgan fingerprint density at radius 2 is 1.84 bits per heavy atom. The fraction of sp³-hybridized carbons (Fsp3) is 0.133. The number of phenols is 1. The third kappa shape index (κ3) is 3.56. The lowest BCUT2D eigenvalue weighted by atomic mass is 10.1. The molecular weight excluding hydrogens is 240 g/mol. The molecule has 0 spiro atoms. The highest BCUT2D eigenvalue weighted by molar-refractivity contribution is 5.94. The van der Waals surface area contributed by atoms with E-state index in [9.17, 15) is 9.90 Å². The Bertz CT molecular complexity index is 582. The van der Waals surface area contributed by atoms with Gasteiger partial charge in [-0.1, -0.05) is 30.3 Å². The highest BCUT2D eigenvalue weighted by atomic mass is 16.3.